The zero-order chi connectivity index (χ0) is 25.8. The number of amides is 4. The van der Waals surface area contributed by atoms with E-state index in [0.29, 0.717) is 31.1 Å². The van der Waals surface area contributed by atoms with Crippen LogP contribution in [-0.2, 0) is 16.1 Å². The normalized spacial score (nSPS) is 11.7. The number of benzene rings is 1. The molecular formula is C23H31N5O6S. The predicted octanol–water partition coefficient (Wildman–Crippen LogP) is 3.34. The topological polar surface area (TPSA) is 159 Å². The molecule has 5 N–H and O–H groups in total. The zero-order valence-corrected chi connectivity index (χ0v) is 20.7. The quantitative estimate of drug-likeness (QED) is 0.293. The molecule has 1 aromatic heterocycles. The lowest BCUT2D eigenvalue weighted by Crippen LogP contribution is -2.43. The van der Waals surface area contributed by atoms with Crippen molar-refractivity contribution in [2.75, 3.05) is 11.9 Å². The summed E-state index contributed by atoms with van der Waals surface area (Å²) in [7, 11) is 0. The minimum absolute atomic E-state index is 0.170. The van der Waals surface area contributed by atoms with Crippen LogP contribution in [0.25, 0.3) is 0 Å². The van der Waals surface area contributed by atoms with Crippen molar-refractivity contribution in [1.82, 2.24) is 20.9 Å². The molecule has 0 aliphatic rings. The lowest BCUT2D eigenvalue weighted by atomic mass is 10.1. The third-order valence-corrected chi connectivity index (χ3v) is 5.21. The minimum atomic E-state index is -1.16. The van der Waals surface area contributed by atoms with Gasteiger partial charge in [0, 0.05) is 18.5 Å². The molecule has 0 saturated carbocycles. The number of carbonyl (C=O) groups is 4. The van der Waals surface area contributed by atoms with Crippen LogP contribution in [0.5, 0.6) is 0 Å². The van der Waals surface area contributed by atoms with E-state index in [1.54, 1.807) is 20.8 Å². The molecular weight excluding hydrogens is 474 g/mol. The lowest BCUT2D eigenvalue weighted by molar-refractivity contribution is -0.139. The Kier molecular flexibility index (Phi) is 10.5. The van der Waals surface area contributed by atoms with Gasteiger partial charge in [-0.15, -0.1) is 11.3 Å². The molecule has 1 aromatic carbocycles. The number of aromatic nitrogens is 1. The number of anilines is 1. The van der Waals surface area contributed by atoms with Gasteiger partial charge in [0.2, 0.25) is 0 Å². The van der Waals surface area contributed by atoms with E-state index in [-0.39, 0.29) is 12.1 Å². The molecule has 190 valence electrons. The van der Waals surface area contributed by atoms with Gasteiger partial charge in [-0.2, -0.15) is 0 Å². The number of ether oxygens (including phenoxy) is 1. The Balaban J connectivity index is 1.68. The Labute approximate surface area is 207 Å². The number of carbonyl (C=O) groups excluding carboxylic acids is 3. The highest BCUT2D eigenvalue weighted by atomic mass is 32.1. The number of rotatable bonds is 11. The van der Waals surface area contributed by atoms with Gasteiger partial charge in [-0.1, -0.05) is 30.3 Å². The molecule has 11 nitrogen and oxygen atoms in total. The standard InChI is InChI=1S/C23H31N5O6S/c1-23(2,3)34-22(33)27-16(19(30)31)11-7-8-12-24-18(29)17-14-35-21(26-17)28-20(32)25-13-15-9-5-4-6-10-15/h4-6,9-10,14,16H,7-8,11-13H2,1-3H3,(H,24,29)(H,27,33)(H,30,31)(H2,25,26,28,32). The number of aliphatic carboxylic acids is 1. The van der Waals surface area contributed by atoms with Crippen LogP contribution in [0, 0.1) is 0 Å². The van der Waals surface area contributed by atoms with Gasteiger partial charge in [-0.05, 0) is 45.6 Å². The monoisotopic (exact) mass is 505 g/mol. The molecule has 4 amide bonds. The van der Waals surface area contributed by atoms with Gasteiger partial charge in [0.1, 0.15) is 17.3 Å². The van der Waals surface area contributed by atoms with Crippen LogP contribution in [-0.4, -0.2) is 52.3 Å². The van der Waals surface area contributed by atoms with Gasteiger partial charge >= 0.3 is 18.1 Å². The second-order valence-corrected chi connectivity index (χ2v) is 9.48. The number of nitrogens with zero attached hydrogens (tertiary/aromatic N) is 1. The first-order valence-electron chi connectivity index (χ1n) is 11.1. The molecule has 0 radical (unpaired) electrons. The smallest absolute Gasteiger partial charge is 0.408 e. The molecule has 0 aliphatic carbocycles. The predicted molar refractivity (Wildman–Crippen MR) is 131 cm³/mol. The summed E-state index contributed by atoms with van der Waals surface area (Å²) < 4.78 is 5.08. The summed E-state index contributed by atoms with van der Waals surface area (Å²) in [6, 6.07) is 7.93. The maximum atomic E-state index is 12.3. The van der Waals surface area contributed by atoms with Crippen molar-refractivity contribution < 1.29 is 29.0 Å². The summed E-state index contributed by atoms with van der Waals surface area (Å²) in [5.41, 5.74) is 0.398. The van der Waals surface area contributed by atoms with Gasteiger partial charge in [0.05, 0.1) is 0 Å². The van der Waals surface area contributed by atoms with Crippen molar-refractivity contribution in [3.05, 3.63) is 47.0 Å². The van der Waals surface area contributed by atoms with Crippen LogP contribution in [0.3, 0.4) is 0 Å². The van der Waals surface area contributed by atoms with Gasteiger partial charge in [-0.25, -0.2) is 19.4 Å². The number of carboxylic acids is 1. The van der Waals surface area contributed by atoms with Crippen LogP contribution in [0.4, 0.5) is 14.7 Å². The average Bonchev–Trinajstić information content (AvgIpc) is 3.24. The molecule has 0 bridgehead atoms. The molecule has 35 heavy (non-hydrogen) atoms. The Hall–Kier alpha value is -3.67. The van der Waals surface area contributed by atoms with E-state index >= 15 is 0 Å². The first-order chi connectivity index (χ1) is 16.5. The van der Waals surface area contributed by atoms with E-state index in [2.05, 4.69) is 26.3 Å². The molecule has 12 heteroatoms. The average molecular weight is 506 g/mol. The SMILES string of the molecule is CC(C)(C)OC(=O)NC(CCCCNC(=O)c1csc(NC(=O)NCc2ccccc2)n1)C(=O)O. The Morgan fingerprint density at radius 2 is 1.80 bits per heavy atom. The van der Waals surface area contributed by atoms with Crippen molar-refractivity contribution >= 4 is 40.5 Å². The number of unbranched alkanes of at least 4 members (excludes halogenated alkanes) is 1. The van der Waals surface area contributed by atoms with E-state index in [1.165, 1.54) is 5.38 Å². The summed E-state index contributed by atoms with van der Waals surface area (Å²) in [5, 5.41) is 21.5. The van der Waals surface area contributed by atoms with Gasteiger partial charge in [0.25, 0.3) is 5.91 Å². The maximum absolute atomic E-state index is 12.3. The lowest BCUT2D eigenvalue weighted by Gasteiger charge is -2.22. The molecule has 1 atom stereocenters. The summed E-state index contributed by atoms with van der Waals surface area (Å²) in [6.07, 6.45) is 0.356. The van der Waals surface area contributed by atoms with E-state index in [1.807, 2.05) is 30.3 Å². The van der Waals surface area contributed by atoms with Gasteiger partial charge < -0.3 is 25.8 Å². The van der Waals surface area contributed by atoms with Crippen LogP contribution >= 0.6 is 11.3 Å². The van der Waals surface area contributed by atoms with E-state index < -0.39 is 35.6 Å². The van der Waals surface area contributed by atoms with Crippen LogP contribution in [0.1, 0.15) is 56.1 Å². The highest BCUT2D eigenvalue weighted by Crippen LogP contribution is 2.15. The number of hydrogen-bond donors (Lipinski definition) is 5. The molecule has 2 rings (SSSR count). The number of hydrogen-bond acceptors (Lipinski definition) is 7. The molecule has 2 aromatic rings. The third-order valence-electron chi connectivity index (χ3n) is 4.45. The maximum Gasteiger partial charge on any atom is 0.408 e. The van der Waals surface area contributed by atoms with E-state index in [9.17, 15) is 24.3 Å². The zero-order valence-electron chi connectivity index (χ0n) is 19.9. The largest absolute Gasteiger partial charge is 0.480 e. The van der Waals surface area contributed by atoms with Gasteiger partial charge in [-0.3, -0.25) is 10.1 Å². The second kappa shape index (κ2) is 13.3. The van der Waals surface area contributed by atoms with Crippen molar-refractivity contribution in [3.8, 4) is 0 Å². The minimum Gasteiger partial charge on any atom is -0.480 e. The van der Waals surface area contributed by atoms with Crippen molar-refractivity contribution in [1.29, 1.82) is 0 Å². The fourth-order valence-electron chi connectivity index (χ4n) is 2.83. The highest BCUT2D eigenvalue weighted by molar-refractivity contribution is 7.14. The number of nitrogens with one attached hydrogen (secondary N) is 4. The summed E-state index contributed by atoms with van der Waals surface area (Å²) >= 11 is 1.13. The van der Waals surface area contributed by atoms with Crippen LogP contribution < -0.4 is 21.3 Å². The summed E-state index contributed by atoms with van der Waals surface area (Å²) in [4.78, 5) is 51.6. The Bertz CT molecular complexity index is 1010. The Morgan fingerprint density at radius 3 is 2.46 bits per heavy atom. The summed E-state index contributed by atoms with van der Waals surface area (Å²) in [5.74, 6) is -1.56. The van der Waals surface area contributed by atoms with Crippen LogP contribution in [0.15, 0.2) is 35.7 Å². The number of thiazole rings is 1. The molecule has 0 saturated heterocycles. The van der Waals surface area contributed by atoms with Crippen LogP contribution in [0.2, 0.25) is 0 Å². The first-order valence-corrected chi connectivity index (χ1v) is 12.0. The molecule has 0 aliphatic heterocycles. The third kappa shape index (κ3) is 10.9. The highest BCUT2D eigenvalue weighted by Gasteiger charge is 2.23. The molecule has 1 heterocycles. The molecule has 1 unspecified atom stereocenters. The summed E-state index contributed by atoms with van der Waals surface area (Å²) in [6.45, 7) is 5.73. The fraction of sp³-hybridized carbons (Fsp3) is 0.435. The van der Waals surface area contributed by atoms with Gasteiger partial charge in [0.15, 0.2) is 5.13 Å². The van der Waals surface area contributed by atoms with Crippen molar-refractivity contribution in [2.45, 2.75) is 58.2 Å². The molecule has 0 fully saturated rings. The Morgan fingerprint density at radius 1 is 1.09 bits per heavy atom. The van der Waals surface area contributed by atoms with E-state index in [0.717, 1.165) is 16.9 Å². The molecule has 0 spiro atoms. The number of urea groups is 1. The fourth-order valence-corrected chi connectivity index (χ4v) is 3.51. The second-order valence-electron chi connectivity index (χ2n) is 8.62. The van der Waals surface area contributed by atoms with Crippen molar-refractivity contribution in [2.24, 2.45) is 0 Å². The van der Waals surface area contributed by atoms with Crippen molar-refractivity contribution in [3.63, 3.8) is 0 Å². The number of carboxylic acid groups (broad SMARTS) is 1. The first kappa shape index (κ1) is 27.6. The number of alkyl carbamates (subject to hydrolysis) is 1. The van der Waals surface area contributed by atoms with E-state index in [4.69, 9.17) is 4.74 Å².